The van der Waals surface area contributed by atoms with Gasteiger partial charge in [-0.15, -0.1) is 0 Å². The van der Waals surface area contributed by atoms with Gasteiger partial charge in [0.15, 0.2) is 0 Å². The zero-order chi connectivity index (χ0) is 37.1. The highest BCUT2D eigenvalue weighted by Gasteiger charge is 2.81. The molecule has 2 N–H and O–H groups in total. The number of benzene rings is 1. The normalized spacial score (nSPS) is 27.7. The number of fused-ring (bicyclic) bond motifs is 5. The third-order valence-electron chi connectivity index (χ3n) is 12.0. The fraction of sp³-hybridized carbons (Fsp3) is 0.811. The number of esters is 1. The Balaban J connectivity index is 1.23. The summed E-state index contributed by atoms with van der Waals surface area (Å²) >= 11 is 0. The number of phenolic OH excluding ortho intramolecular Hbond substituents is 1. The van der Waals surface area contributed by atoms with Gasteiger partial charge in [-0.25, -0.2) is 0 Å². The van der Waals surface area contributed by atoms with Crippen LogP contribution in [-0.4, -0.2) is 52.8 Å². The van der Waals surface area contributed by atoms with Crippen molar-refractivity contribution >= 4 is 5.97 Å². The molecule has 0 amide bonds. The second-order valence-electron chi connectivity index (χ2n) is 15.2. The van der Waals surface area contributed by atoms with Crippen LogP contribution in [0.4, 0.5) is 39.5 Å². The Hall–Kier alpha value is -2.18. The fourth-order valence-electron chi connectivity index (χ4n) is 9.37. The van der Waals surface area contributed by atoms with Crippen LogP contribution in [0.1, 0.15) is 127 Å². The quantitative estimate of drug-likeness (QED) is 0.0952. The topological polar surface area (TPSA) is 66.8 Å². The molecule has 2 fully saturated rings. The Bertz CT molecular complexity index is 1290. The van der Waals surface area contributed by atoms with Gasteiger partial charge in [0.2, 0.25) is 0 Å². The lowest BCUT2D eigenvalue weighted by Crippen LogP contribution is -2.60. The maximum atomic E-state index is 14.1. The molecule has 1 aromatic carbocycles. The molecule has 3 aliphatic carbocycles. The first kappa shape index (κ1) is 40.6. The van der Waals surface area contributed by atoms with Crippen molar-refractivity contribution in [3.05, 3.63) is 29.3 Å². The second kappa shape index (κ2) is 15.8. The number of hydrogen-bond acceptors (Lipinski definition) is 4. The summed E-state index contributed by atoms with van der Waals surface area (Å²) in [5, 5.41) is 21.1. The van der Waals surface area contributed by atoms with Crippen LogP contribution in [0, 0.1) is 29.1 Å². The van der Waals surface area contributed by atoms with Crippen LogP contribution in [0.15, 0.2) is 18.2 Å². The molecule has 1 aromatic rings. The van der Waals surface area contributed by atoms with E-state index < -0.39 is 48.7 Å². The average Bonchev–Trinajstić information content (AvgIpc) is 3.33. The summed E-state index contributed by atoms with van der Waals surface area (Å²) < 4.78 is 124. The highest BCUT2D eigenvalue weighted by molar-refractivity contribution is 5.72. The number of aromatic hydroxyl groups is 1. The molecule has 0 radical (unpaired) electrons. The van der Waals surface area contributed by atoms with Crippen molar-refractivity contribution in [1.82, 2.24) is 0 Å². The smallest absolute Gasteiger partial charge is 0.460 e. The molecule has 3 aliphatic rings. The van der Waals surface area contributed by atoms with Crippen molar-refractivity contribution in [1.29, 1.82) is 0 Å². The summed E-state index contributed by atoms with van der Waals surface area (Å²) in [5.41, 5.74) is 2.47. The molecule has 7 atom stereocenters. The Kier molecular flexibility index (Phi) is 12.8. The van der Waals surface area contributed by atoms with Crippen LogP contribution >= 0.6 is 0 Å². The number of unbranched alkanes of at least 4 members (excludes halogenated alkanes) is 6. The third kappa shape index (κ3) is 8.22. The minimum atomic E-state index is -6.95. The van der Waals surface area contributed by atoms with Gasteiger partial charge in [0.25, 0.3) is 0 Å². The molecule has 0 spiro atoms. The lowest BCUT2D eigenvalue weighted by atomic mass is 9.51. The van der Waals surface area contributed by atoms with E-state index in [4.69, 9.17) is 4.74 Å². The van der Waals surface area contributed by atoms with Crippen LogP contribution < -0.4 is 0 Å². The minimum Gasteiger partial charge on any atom is -0.508 e. The van der Waals surface area contributed by atoms with Crippen molar-refractivity contribution in [3.63, 3.8) is 0 Å². The number of hydrogen-bond donors (Lipinski definition) is 2. The fourth-order valence-corrected chi connectivity index (χ4v) is 9.37. The maximum absolute atomic E-state index is 14.1. The van der Waals surface area contributed by atoms with E-state index in [9.17, 15) is 54.5 Å². The van der Waals surface area contributed by atoms with Gasteiger partial charge in [-0.3, -0.25) is 4.79 Å². The van der Waals surface area contributed by atoms with Crippen LogP contribution in [0.5, 0.6) is 5.75 Å². The van der Waals surface area contributed by atoms with Crippen LogP contribution in [0.25, 0.3) is 0 Å². The third-order valence-corrected chi connectivity index (χ3v) is 12.0. The molecule has 0 saturated heterocycles. The highest BCUT2D eigenvalue weighted by Crippen LogP contribution is 2.63. The first-order valence-electron chi connectivity index (χ1n) is 18.1. The molecule has 286 valence electrons. The number of rotatable bonds is 17. The minimum absolute atomic E-state index is 0.0504. The summed E-state index contributed by atoms with van der Waals surface area (Å²) in [6.45, 7) is 3.54. The molecule has 0 aliphatic heterocycles. The van der Waals surface area contributed by atoms with Crippen LogP contribution in [0.2, 0.25) is 0 Å². The summed E-state index contributed by atoms with van der Waals surface area (Å²) in [6, 6.07) is 5.75. The van der Waals surface area contributed by atoms with E-state index in [1.807, 2.05) is 6.07 Å². The lowest BCUT2D eigenvalue weighted by Gasteiger charge is -2.54. The number of carbonyl (C=O) groups is 1. The number of aryl methyl sites for hydroxylation is 1. The monoisotopic (exact) mass is 730 g/mol. The van der Waals surface area contributed by atoms with Gasteiger partial charge in [-0.1, -0.05) is 57.9 Å². The van der Waals surface area contributed by atoms with Gasteiger partial charge >= 0.3 is 29.9 Å². The summed E-state index contributed by atoms with van der Waals surface area (Å²) in [7, 11) is 0. The molecule has 13 heteroatoms. The zero-order valence-electron chi connectivity index (χ0n) is 28.8. The Morgan fingerprint density at radius 1 is 0.900 bits per heavy atom. The van der Waals surface area contributed by atoms with E-state index >= 15 is 0 Å². The number of alkyl halides is 9. The number of carbonyl (C=O) groups excluding carboxylic acids is 1. The number of aliphatic hydroxyl groups excluding tert-OH is 1. The van der Waals surface area contributed by atoms with Gasteiger partial charge < -0.3 is 14.9 Å². The van der Waals surface area contributed by atoms with Gasteiger partial charge in [0, 0.05) is 6.42 Å². The van der Waals surface area contributed by atoms with E-state index in [1.165, 1.54) is 18.1 Å². The van der Waals surface area contributed by atoms with Crippen molar-refractivity contribution in [3.8, 4) is 5.75 Å². The first-order valence-corrected chi connectivity index (χ1v) is 18.1. The van der Waals surface area contributed by atoms with E-state index in [1.54, 1.807) is 6.07 Å². The van der Waals surface area contributed by atoms with Crippen molar-refractivity contribution < 1.29 is 59.3 Å². The SMILES string of the molecule is CCOC(=O)C(CCCCCCCCC[C@H]1C[C@]2(C)[C@@H](O)CC[C@H]2[C@@H]2CCc3cc(O)ccc3[C@@H]12)CCC(F)(F)C(F)(F)C(F)(F)C(F)(F)F. The number of ether oxygens (including phenoxy) is 1. The number of halogens is 9. The Labute approximate surface area is 288 Å². The molecule has 1 unspecified atom stereocenters. The summed E-state index contributed by atoms with van der Waals surface area (Å²) in [6.07, 6.45) is 1.04. The largest absolute Gasteiger partial charge is 0.508 e. The van der Waals surface area contributed by atoms with Crippen molar-refractivity contribution in [2.75, 3.05) is 6.61 Å². The Morgan fingerprint density at radius 3 is 2.18 bits per heavy atom. The van der Waals surface area contributed by atoms with Crippen molar-refractivity contribution in [2.24, 2.45) is 29.1 Å². The van der Waals surface area contributed by atoms with Gasteiger partial charge in [0.1, 0.15) is 5.75 Å². The molecule has 0 bridgehead atoms. The molecule has 2 saturated carbocycles. The van der Waals surface area contributed by atoms with Crippen LogP contribution in [0.3, 0.4) is 0 Å². The van der Waals surface area contributed by atoms with Gasteiger partial charge in [-0.2, -0.15) is 39.5 Å². The number of phenols is 1. The molecular formula is C37H51F9O4. The van der Waals surface area contributed by atoms with E-state index in [0.717, 1.165) is 70.6 Å². The predicted octanol–water partition coefficient (Wildman–Crippen LogP) is 10.8. The lowest BCUT2D eigenvalue weighted by molar-refractivity contribution is -0.396. The number of aliphatic hydroxyl groups is 1. The maximum Gasteiger partial charge on any atom is 0.460 e. The van der Waals surface area contributed by atoms with Crippen LogP contribution in [-0.2, 0) is 16.0 Å². The van der Waals surface area contributed by atoms with Gasteiger partial charge in [-0.05, 0) is 111 Å². The van der Waals surface area contributed by atoms with Crippen molar-refractivity contribution in [2.45, 2.75) is 153 Å². The highest BCUT2D eigenvalue weighted by atomic mass is 19.4. The first-order chi connectivity index (χ1) is 23.3. The predicted molar refractivity (Wildman–Crippen MR) is 169 cm³/mol. The molecule has 0 aromatic heterocycles. The molecule has 50 heavy (non-hydrogen) atoms. The summed E-state index contributed by atoms with van der Waals surface area (Å²) in [5.74, 6) is -19.6. The molecule has 4 rings (SSSR count). The zero-order valence-corrected chi connectivity index (χ0v) is 28.8. The molecule has 4 nitrogen and oxygen atoms in total. The molecule has 0 heterocycles. The van der Waals surface area contributed by atoms with E-state index in [0.29, 0.717) is 36.5 Å². The van der Waals surface area contributed by atoms with E-state index in [-0.39, 0.29) is 30.3 Å². The standard InChI is InChI=1S/C37H51F9O4/c1-3-50-32(49)23(19-20-34(38,39)35(40,41)36(42,43)37(44,45)46)11-9-7-5-4-6-8-10-12-25-22-33(2)29(17-18-30(33)48)28-15-13-24-21-26(47)14-16-27(24)31(25)28/h14,16,21,23,25,28-31,47-48H,3-13,15,17-20,22H2,1-2H3/t23?,25-,28-,29-,30-,31+,33-/m0/s1. The van der Waals surface area contributed by atoms with Gasteiger partial charge in [0.05, 0.1) is 18.6 Å². The molecular weight excluding hydrogens is 679 g/mol. The van der Waals surface area contributed by atoms with E-state index in [2.05, 4.69) is 13.0 Å². The summed E-state index contributed by atoms with van der Waals surface area (Å²) in [4.78, 5) is 12.3. The average molecular weight is 731 g/mol. The second-order valence-corrected chi connectivity index (χ2v) is 15.2. The Morgan fingerprint density at radius 2 is 1.54 bits per heavy atom.